The molecule has 0 radical (unpaired) electrons. The smallest absolute Gasteiger partial charge is 0.354 e. The first kappa shape index (κ1) is 29.9. The summed E-state index contributed by atoms with van der Waals surface area (Å²) >= 11 is 8.98. The van der Waals surface area contributed by atoms with Gasteiger partial charge in [-0.05, 0) is 49.2 Å². The number of carbonyl (C=O) groups is 2. The average molecular weight is 613 g/mol. The van der Waals surface area contributed by atoms with Crippen LogP contribution in [0.5, 0.6) is 0 Å². The number of amides is 2. The zero-order chi connectivity index (χ0) is 27.3. The fourth-order valence-electron chi connectivity index (χ4n) is 3.26. The molecule has 36 heavy (non-hydrogen) atoms. The maximum absolute atomic E-state index is 13.4. The Morgan fingerprint density at radius 2 is 1.75 bits per heavy atom. The van der Waals surface area contributed by atoms with Gasteiger partial charge < -0.3 is 10.2 Å². The number of hydrogen-bond acceptors (Lipinski definition) is 4. The predicted octanol–water partition coefficient (Wildman–Crippen LogP) is 4.83. The molecule has 0 saturated carbocycles. The van der Waals surface area contributed by atoms with Gasteiger partial charge in [0.05, 0.1) is 22.5 Å². The van der Waals surface area contributed by atoms with Crippen molar-refractivity contribution >= 4 is 55.1 Å². The van der Waals surface area contributed by atoms with Gasteiger partial charge in [0.1, 0.15) is 12.6 Å². The molecular formula is C23H26BrClF3N3O4S. The van der Waals surface area contributed by atoms with Crippen molar-refractivity contribution in [1.29, 1.82) is 0 Å². The minimum atomic E-state index is -4.83. The molecule has 198 valence electrons. The molecule has 2 aromatic carbocycles. The Hall–Kier alpha value is -2.31. The van der Waals surface area contributed by atoms with E-state index >= 15 is 0 Å². The number of alkyl halides is 3. The second-order valence-electron chi connectivity index (χ2n) is 8.05. The first-order valence-electron chi connectivity index (χ1n) is 10.8. The van der Waals surface area contributed by atoms with Crippen LogP contribution in [0.3, 0.4) is 0 Å². The lowest BCUT2D eigenvalue weighted by atomic mass is 10.1. The molecule has 2 amide bonds. The molecule has 0 saturated heterocycles. The fourth-order valence-corrected chi connectivity index (χ4v) is 4.59. The summed E-state index contributed by atoms with van der Waals surface area (Å²) in [6.07, 6.45) is -3.39. The summed E-state index contributed by atoms with van der Waals surface area (Å²) in [6, 6.07) is 8.54. The van der Waals surface area contributed by atoms with Gasteiger partial charge in [-0.1, -0.05) is 46.6 Å². The van der Waals surface area contributed by atoms with Gasteiger partial charge in [0.25, 0.3) is 0 Å². The third kappa shape index (κ3) is 8.10. The van der Waals surface area contributed by atoms with Gasteiger partial charge >= 0.3 is 6.18 Å². The predicted molar refractivity (Wildman–Crippen MR) is 136 cm³/mol. The number of hydrogen-bond donors (Lipinski definition) is 1. The Morgan fingerprint density at radius 3 is 2.28 bits per heavy atom. The lowest BCUT2D eigenvalue weighted by molar-refractivity contribution is -0.139. The van der Waals surface area contributed by atoms with Gasteiger partial charge in [0.2, 0.25) is 21.8 Å². The summed E-state index contributed by atoms with van der Waals surface area (Å²) in [5.74, 6) is -1.22. The van der Waals surface area contributed by atoms with Crippen LogP contribution >= 0.6 is 27.5 Å². The van der Waals surface area contributed by atoms with Crippen molar-refractivity contribution in [2.45, 2.75) is 39.0 Å². The van der Waals surface area contributed by atoms with E-state index in [0.29, 0.717) is 28.9 Å². The molecule has 1 atom stereocenters. The standard InChI is InChI=1S/C23H26BrClF3N3O4S/c1-4-11-29-22(33)15(2)30(13-16-5-7-17(24)8-6-16)21(32)14-31(36(3,34)35)18-9-10-20(25)19(12-18)23(26,27)28/h5-10,12,15H,4,11,13-14H2,1-3H3,(H,29,33)/t15-/m0/s1. The number of nitrogens with one attached hydrogen (secondary N) is 1. The van der Waals surface area contributed by atoms with Gasteiger partial charge in [0.15, 0.2) is 0 Å². The maximum Gasteiger partial charge on any atom is 0.417 e. The molecule has 1 N–H and O–H groups in total. The largest absolute Gasteiger partial charge is 0.417 e. The molecule has 0 bridgehead atoms. The van der Waals surface area contributed by atoms with Gasteiger partial charge in [0, 0.05) is 17.6 Å². The quantitative estimate of drug-likeness (QED) is 0.417. The Bertz CT molecular complexity index is 1190. The fraction of sp³-hybridized carbons (Fsp3) is 0.391. The number of carbonyl (C=O) groups excluding carboxylic acids is 2. The Labute approximate surface area is 221 Å². The highest BCUT2D eigenvalue weighted by molar-refractivity contribution is 9.10. The summed E-state index contributed by atoms with van der Waals surface area (Å²) in [7, 11) is -4.19. The Morgan fingerprint density at radius 1 is 1.14 bits per heavy atom. The van der Waals surface area contributed by atoms with E-state index in [2.05, 4.69) is 21.2 Å². The minimum absolute atomic E-state index is 0.0289. The highest BCUT2D eigenvalue weighted by atomic mass is 79.9. The van der Waals surface area contributed by atoms with Crippen LogP contribution in [0.2, 0.25) is 5.02 Å². The van der Waals surface area contributed by atoms with Crippen LogP contribution in [0.25, 0.3) is 0 Å². The van der Waals surface area contributed by atoms with E-state index in [1.807, 2.05) is 6.92 Å². The molecular weight excluding hydrogens is 587 g/mol. The van der Waals surface area contributed by atoms with Crippen molar-refractivity contribution in [3.63, 3.8) is 0 Å². The molecule has 0 heterocycles. The van der Waals surface area contributed by atoms with E-state index in [-0.39, 0.29) is 12.2 Å². The minimum Gasteiger partial charge on any atom is -0.354 e. The number of anilines is 1. The Kier molecular flexibility index (Phi) is 10.2. The van der Waals surface area contributed by atoms with E-state index in [1.54, 1.807) is 24.3 Å². The highest BCUT2D eigenvalue weighted by Gasteiger charge is 2.35. The van der Waals surface area contributed by atoms with Gasteiger partial charge in [-0.25, -0.2) is 8.42 Å². The third-order valence-corrected chi connectivity index (χ3v) is 7.20. The summed E-state index contributed by atoms with van der Waals surface area (Å²) < 4.78 is 66.5. The van der Waals surface area contributed by atoms with Crippen LogP contribution in [-0.4, -0.2) is 50.5 Å². The van der Waals surface area contributed by atoms with E-state index in [9.17, 15) is 31.2 Å². The third-order valence-electron chi connectivity index (χ3n) is 5.21. The molecule has 0 aliphatic rings. The lowest BCUT2D eigenvalue weighted by Crippen LogP contribution is -2.51. The van der Waals surface area contributed by atoms with Crippen LogP contribution in [0.4, 0.5) is 18.9 Å². The van der Waals surface area contributed by atoms with Gasteiger partial charge in [-0.3, -0.25) is 13.9 Å². The van der Waals surface area contributed by atoms with E-state index < -0.39 is 51.2 Å². The average Bonchev–Trinajstić information content (AvgIpc) is 2.79. The number of rotatable bonds is 10. The number of halogens is 5. The molecule has 0 aromatic heterocycles. The van der Waals surface area contributed by atoms with Crippen molar-refractivity contribution in [3.05, 3.63) is 63.1 Å². The zero-order valence-electron chi connectivity index (χ0n) is 19.8. The van der Waals surface area contributed by atoms with Crippen molar-refractivity contribution in [2.75, 3.05) is 23.7 Å². The first-order chi connectivity index (χ1) is 16.6. The molecule has 7 nitrogen and oxygen atoms in total. The van der Waals surface area contributed by atoms with Gasteiger partial charge in [-0.15, -0.1) is 0 Å². The molecule has 0 aliphatic heterocycles. The molecule has 0 aliphatic carbocycles. The molecule has 0 fully saturated rings. The number of sulfonamides is 1. The number of nitrogens with zero attached hydrogens (tertiary/aromatic N) is 2. The topological polar surface area (TPSA) is 86.8 Å². The van der Waals surface area contributed by atoms with Crippen LogP contribution in [0.1, 0.15) is 31.4 Å². The second-order valence-corrected chi connectivity index (χ2v) is 11.3. The van der Waals surface area contributed by atoms with E-state index in [0.717, 1.165) is 22.9 Å². The second kappa shape index (κ2) is 12.3. The molecule has 13 heteroatoms. The summed E-state index contributed by atoms with van der Waals surface area (Å²) in [5, 5.41) is 2.09. The number of benzene rings is 2. The zero-order valence-corrected chi connectivity index (χ0v) is 22.9. The van der Waals surface area contributed by atoms with Crippen LogP contribution in [0, 0.1) is 0 Å². The molecule has 0 unspecified atom stereocenters. The monoisotopic (exact) mass is 611 g/mol. The summed E-state index contributed by atoms with van der Waals surface area (Å²) in [6.45, 7) is 2.89. The Balaban J connectivity index is 2.45. The van der Waals surface area contributed by atoms with Crippen molar-refractivity contribution < 1.29 is 31.2 Å². The van der Waals surface area contributed by atoms with Gasteiger partial charge in [-0.2, -0.15) is 13.2 Å². The molecule has 2 aromatic rings. The SMILES string of the molecule is CCCNC(=O)[C@H](C)N(Cc1ccc(Br)cc1)C(=O)CN(c1ccc(Cl)c(C(F)(F)F)c1)S(C)(=O)=O. The van der Waals surface area contributed by atoms with Crippen LogP contribution in [0.15, 0.2) is 46.9 Å². The normalized spacial score (nSPS) is 12.7. The lowest BCUT2D eigenvalue weighted by Gasteiger charge is -2.31. The maximum atomic E-state index is 13.4. The van der Waals surface area contributed by atoms with Crippen molar-refractivity contribution in [3.8, 4) is 0 Å². The molecule has 2 rings (SSSR count). The first-order valence-corrected chi connectivity index (χ1v) is 13.8. The van der Waals surface area contributed by atoms with Crippen LogP contribution < -0.4 is 9.62 Å². The summed E-state index contributed by atoms with van der Waals surface area (Å²) in [4.78, 5) is 27.2. The van der Waals surface area contributed by atoms with E-state index in [1.165, 1.54) is 11.8 Å². The molecule has 0 spiro atoms. The van der Waals surface area contributed by atoms with Crippen LogP contribution in [-0.2, 0) is 32.3 Å². The summed E-state index contributed by atoms with van der Waals surface area (Å²) in [5.41, 5.74) is -0.950. The highest BCUT2D eigenvalue weighted by Crippen LogP contribution is 2.37. The van der Waals surface area contributed by atoms with Crippen molar-refractivity contribution in [1.82, 2.24) is 10.2 Å². The van der Waals surface area contributed by atoms with E-state index in [4.69, 9.17) is 11.6 Å². The van der Waals surface area contributed by atoms with Crippen molar-refractivity contribution in [2.24, 2.45) is 0 Å².